The molecule has 1 aromatic rings. The highest BCUT2D eigenvalue weighted by Gasteiger charge is 2.54. The van der Waals surface area contributed by atoms with Crippen molar-refractivity contribution in [2.45, 2.75) is 63.8 Å². The van der Waals surface area contributed by atoms with Gasteiger partial charge in [-0.1, -0.05) is 12.5 Å². The maximum atomic E-state index is 13.3. The zero-order valence-corrected chi connectivity index (χ0v) is 16.6. The quantitative estimate of drug-likeness (QED) is 0.819. The normalized spacial score (nSPS) is 37.6. The van der Waals surface area contributed by atoms with Gasteiger partial charge in [-0.15, -0.1) is 11.3 Å². The van der Waals surface area contributed by atoms with Crippen LogP contribution in [0.4, 0.5) is 0 Å². The smallest absolute Gasteiger partial charge is 0.226 e. The van der Waals surface area contributed by atoms with E-state index in [1.54, 1.807) is 0 Å². The van der Waals surface area contributed by atoms with Crippen molar-refractivity contribution in [3.63, 3.8) is 0 Å². The molecule has 1 N–H and O–H groups in total. The Labute approximate surface area is 161 Å². The van der Waals surface area contributed by atoms with E-state index in [0.29, 0.717) is 11.9 Å². The van der Waals surface area contributed by atoms with Crippen LogP contribution in [-0.2, 0) is 4.79 Å². The van der Waals surface area contributed by atoms with Crippen molar-refractivity contribution < 1.29 is 4.79 Å². The van der Waals surface area contributed by atoms with Crippen LogP contribution in [0.5, 0.6) is 0 Å². The van der Waals surface area contributed by atoms with Crippen LogP contribution < -0.4 is 5.32 Å². The molecule has 3 nitrogen and oxygen atoms in total. The van der Waals surface area contributed by atoms with Gasteiger partial charge in [-0.05, 0) is 93.7 Å². The topological polar surface area (TPSA) is 32.3 Å². The second kappa shape index (κ2) is 6.94. The summed E-state index contributed by atoms with van der Waals surface area (Å²) in [5.74, 6) is 2.89. The van der Waals surface area contributed by atoms with Crippen LogP contribution in [0.2, 0.25) is 0 Å². The van der Waals surface area contributed by atoms with E-state index in [9.17, 15) is 4.79 Å². The number of likely N-dealkylation sites (tertiary alicyclic amines) is 1. The van der Waals surface area contributed by atoms with Crippen LogP contribution in [-0.4, -0.2) is 30.4 Å². The first kappa shape index (κ1) is 17.2. The maximum absolute atomic E-state index is 13.3. The number of hydrogen-bond acceptors (Lipinski definition) is 3. The molecule has 1 aromatic heterocycles. The van der Waals surface area contributed by atoms with Crippen molar-refractivity contribution in [2.75, 3.05) is 19.6 Å². The number of hydrogen-bond donors (Lipinski definition) is 1. The minimum Gasteiger partial charge on any atom is -0.354 e. The van der Waals surface area contributed by atoms with Crippen molar-refractivity contribution in [1.82, 2.24) is 10.2 Å². The lowest BCUT2D eigenvalue weighted by Gasteiger charge is -2.55. The molecule has 4 aliphatic carbocycles. The third kappa shape index (κ3) is 3.13. The van der Waals surface area contributed by atoms with E-state index in [2.05, 4.69) is 27.7 Å². The van der Waals surface area contributed by atoms with E-state index in [0.717, 1.165) is 24.3 Å². The molecule has 2 heterocycles. The lowest BCUT2D eigenvalue weighted by atomic mass is 9.49. The lowest BCUT2D eigenvalue weighted by molar-refractivity contribution is -0.146. The summed E-state index contributed by atoms with van der Waals surface area (Å²) in [6.07, 6.45) is 11.6. The average Bonchev–Trinajstić information content (AvgIpc) is 3.16. The predicted molar refractivity (Wildman–Crippen MR) is 106 cm³/mol. The Balaban J connectivity index is 1.28. The fraction of sp³-hybridized carbons (Fsp3) is 0.773. The summed E-state index contributed by atoms with van der Waals surface area (Å²) in [6.45, 7) is 3.15. The Morgan fingerprint density at radius 1 is 1.12 bits per heavy atom. The highest BCUT2D eigenvalue weighted by molar-refractivity contribution is 7.10. The van der Waals surface area contributed by atoms with Crippen LogP contribution in [0, 0.1) is 23.2 Å². The molecule has 0 aromatic carbocycles. The predicted octanol–water partition coefficient (Wildman–Crippen LogP) is 4.61. The van der Waals surface area contributed by atoms with Gasteiger partial charge in [0.15, 0.2) is 0 Å². The highest BCUT2D eigenvalue weighted by Crippen LogP contribution is 2.60. The molecular formula is C22H32N2OS. The minimum absolute atomic E-state index is 0.0172. The van der Waals surface area contributed by atoms with Gasteiger partial charge < -0.3 is 5.32 Å². The highest BCUT2D eigenvalue weighted by atomic mass is 32.1. The molecule has 4 saturated carbocycles. The molecule has 5 aliphatic rings. The molecular weight excluding hydrogens is 340 g/mol. The number of carbonyl (C=O) groups is 1. The van der Waals surface area contributed by atoms with Crippen LogP contribution in [0.3, 0.4) is 0 Å². The first-order valence-corrected chi connectivity index (χ1v) is 11.7. The molecule has 4 bridgehead atoms. The number of rotatable bonds is 5. The van der Waals surface area contributed by atoms with E-state index in [1.807, 2.05) is 11.3 Å². The van der Waals surface area contributed by atoms with E-state index >= 15 is 0 Å². The van der Waals surface area contributed by atoms with Gasteiger partial charge in [0.1, 0.15) is 0 Å². The first-order valence-electron chi connectivity index (χ1n) is 10.8. The number of nitrogens with one attached hydrogen (secondary N) is 1. The number of carbonyl (C=O) groups excluding carboxylic acids is 1. The van der Waals surface area contributed by atoms with Crippen molar-refractivity contribution >= 4 is 17.2 Å². The van der Waals surface area contributed by atoms with E-state index in [4.69, 9.17) is 0 Å². The van der Waals surface area contributed by atoms with Crippen LogP contribution in [0.25, 0.3) is 0 Å². The zero-order valence-electron chi connectivity index (χ0n) is 15.8. The molecule has 5 fully saturated rings. The number of thiophene rings is 1. The summed E-state index contributed by atoms with van der Waals surface area (Å²) in [7, 11) is 0. The molecule has 1 atom stereocenters. The van der Waals surface area contributed by atoms with Gasteiger partial charge in [0.05, 0.1) is 6.04 Å². The Morgan fingerprint density at radius 2 is 1.77 bits per heavy atom. The Bertz CT molecular complexity index is 599. The second-order valence-electron chi connectivity index (χ2n) is 9.54. The fourth-order valence-corrected chi connectivity index (χ4v) is 7.75. The van der Waals surface area contributed by atoms with Crippen LogP contribution in [0.1, 0.15) is 68.7 Å². The van der Waals surface area contributed by atoms with Crippen molar-refractivity contribution in [1.29, 1.82) is 0 Å². The maximum Gasteiger partial charge on any atom is 0.226 e. The van der Waals surface area contributed by atoms with Gasteiger partial charge >= 0.3 is 0 Å². The van der Waals surface area contributed by atoms with Crippen molar-refractivity contribution in [3.05, 3.63) is 22.4 Å². The van der Waals surface area contributed by atoms with Crippen LogP contribution >= 0.6 is 11.3 Å². The molecule has 0 radical (unpaired) electrons. The molecule has 0 unspecified atom stereocenters. The fourth-order valence-electron chi connectivity index (χ4n) is 6.89. The summed E-state index contributed by atoms with van der Waals surface area (Å²) >= 11 is 1.84. The Hall–Kier alpha value is -0.870. The molecule has 26 heavy (non-hydrogen) atoms. The van der Waals surface area contributed by atoms with E-state index in [-0.39, 0.29) is 5.41 Å². The summed E-state index contributed by atoms with van der Waals surface area (Å²) in [5.41, 5.74) is -0.0172. The first-order chi connectivity index (χ1) is 12.7. The number of nitrogens with zero attached hydrogens (tertiary/aromatic N) is 1. The van der Waals surface area contributed by atoms with Crippen molar-refractivity contribution in [2.24, 2.45) is 23.2 Å². The summed E-state index contributed by atoms with van der Waals surface area (Å²) in [6, 6.07) is 4.77. The van der Waals surface area contributed by atoms with Gasteiger partial charge in [-0.25, -0.2) is 0 Å². The second-order valence-corrected chi connectivity index (χ2v) is 10.5. The van der Waals surface area contributed by atoms with Gasteiger partial charge in [-0.2, -0.15) is 0 Å². The Morgan fingerprint density at radius 3 is 2.35 bits per heavy atom. The molecule has 1 aliphatic heterocycles. The standard InChI is InChI=1S/C22H32N2OS/c25-21(22-12-16-9-17(13-22)11-18(10-16)14-22)23-15-19(20-5-4-8-26-20)24-6-2-1-3-7-24/h4-5,8,16-19H,1-3,6-7,9-15H2,(H,23,25)/t16?,17?,18?,19-,22?/m0/s1. The number of amides is 1. The van der Waals surface area contributed by atoms with Gasteiger partial charge in [0.2, 0.25) is 5.91 Å². The Kier molecular flexibility index (Phi) is 4.60. The summed E-state index contributed by atoms with van der Waals surface area (Å²) in [4.78, 5) is 17.3. The molecule has 1 amide bonds. The van der Waals surface area contributed by atoms with Gasteiger partial charge in [0, 0.05) is 16.8 Å². The minimum atomic E-state index is -0.0172. The average molecular weight is 373 g/mol. The van der Waals surface area contributed by atoms with E-state index in [1.165, 1.54) is 75.8 Å². The molecule has 6 rings (SSSR count). The summed E-state index contributed by atoms with van der Waals surface area (Å²) < 4.78 is 0. The van der Waals surface area contributed by atoms with Crippen molar-refractivity contribution in [3.8, 4) is 0 Å². The van der Waals surface area contributed by atoms with E-state index < -0.39 is 0 Å². The van der Waals surface area contributed by atoms with Crippen LogP contribution in [0.15, 0.2) is 17.5 Å². The number of piperidine rings is 1. The molecule has 0 spiro atoms. The molecule has 4 heteroatoms. The summed E-state index contributed by atoms with van der Waals surface area (Å²) in [5, 5.41) is 5.63. The largest absolute Gasteiger partial charge is 0.354 e. The lowest BCUT2D eigenvalue weighted by Crippen LogP contribution is -2.54. The van der Waals surface area contributed by atoms with Gasteiger partial charge in [-0.3, -0.25) is 9.69 Å². The SMILES string of the molecule is O=C(NC[C@@H](c1cccs1)N1CCCCC1)C12CC3CC(CC(C3)C1)C2. The zero-order chi connectivity index (χ0) is 17.6. The molecule has 1 saturated heterocycles. The third-order valence-electron chi connectivity index (χ3n) is 7.68. The monoisotopic (exact) mass is 372 g/mol. The van der Waals surface area contributed by atoms with Gasteiger partial charge in [0.25, 0.3) is 0 Å². The third-order valence-corrected chi connectivity index (χ3v) is 8.65. The molecule has 142 valence electrons.